The minimum Gasteiger partial charge on any atom is -0.265 e. The van der Waals surface area contributed by atoms with Crippen molar-refractivity contribution in [3.63, 3.8) is 0 Å². The van der Waals surface area contributed by atoms with Crippen molar-refractivity contribution in [3.8, 4) is 0 Å². The van der Waals surface area contributed by atoms with Crippen molar-refractivity contribution in [3.05, 3.63) is 30.1 Å². The van der Waals surface area contributed by atoms with Gasteiger partial charge >= 0.3 is 0 Å². The first-order valence-electron chi connectivity index (χ1n) is 4.60. The van der Waals surface area contributed by atoms with Crippen LogP contribution in [0.3, 0.4) is 0 Å². The Kier molecular flexibility index (Phi) is 3.29. The summed E-state index contributed by atoms with van der Waals surface area (Å²) in [6.45, 7) is 0. The highest BCUT2D eigenvalue weighted by molar-refractivity contribution is 7.99. The lowest BCUT2D eigenvalue weighted by molar-refractivity contribution is 0.664. The van der Waals surface area contributed by atoms with Gasteiger partial charge < -0.3 is 0 Å². The molecule has 78 valence electrons. The maximum absolute atomic E-state index is 3.97. The molecule has 6 heteroatoms. The molecule has 0 saturated carbocycles. The van der Waals surface area contributed by atoms with E-state index in [0.717, 1.165) is 17.3 Å². The number of aryl methyl sites for hydroxylation is 2. The Morgan fingerprint density at radius 1 is 1.33 bits per heavy atom. The second-order valence-corrected chi connectivity index (χ2v) is 4.10. The largest absolute Gasteiger partial charge is 0.265 e. The zero-order chi connectivity index (χ0) is 10.5. The Balaban J connectivity index is 1.83. The van der Waals surface area contributed by atoms with E-state index in [-0.39, 0.29) is 0 Å². The second-order valence-electron chi connectivity index (χ2n) is 3.04. The molecule has 0 aliphatic heterocycles. The summed E-state index contributed by atoms with van der Waals surface area (Å²) in [5.74, 6) is 0.970. The van der Waals surface area contributed by atoms with Crippen LogP contribution in [0.25, 0.3) is 0 Å². The van der Waals surface area contributed by atoms with Crippen LogP contribution in [0.4, 0.5) is 0 Å². The molecule has 0 bridgehead atoms. The summed E-state index contributed by atoms with van der Waals surface area (Å²) in [6.07, 6.45) is 4.62. The molecule has 15 heavy (non-hydrogen) atoms. The standard InChI is InChI=1S/C9H11N5S/c1-14-9(11-12-13-14)15-7-4-8-2-5-10-6-3-8/h2-3,5-6H,4,7H2,1H3. The Hall–Kier alpha value is -1.43. The summed E-state index contributed by atoms with van der Waals surface area (Å²) in [5, 5.41) is 12.1. The normalized spacial score (nSPS) is 10.5. The van der Waals surface area contributed by atoms with Gasteiger partial charge in [0.25, 0.3) is 0 Å². The summed E-state index contributed by atoms with van der Waals surface area (Å²) >= 11 is 1.65. The Morgan fingerprint density at radius 3 is 2.80 bits per heavy atom. The van der Waals surface area contributed by atoms with E-state index in [4.69, 9.17) is 0 Å². The third-order valence-corrected chi connectivity index (χ3v) is 2.96. The molecule has 0 radical (unpaired) electrons. The van der Waals surface area contributed by atoms with Gasteiger partial charge in [-0.05, 0) is 34.5 Å². The van der Waals surface area contributed by atoms with Gasteiger partial charge in [0, 0.05) is 25.2 Å². The Labute approximate surface area is 91.9 Å². The van der Waals surface area contributed by atoms with E-state index in [1.54, 1.807) is 16.4 Å². The SMILES string of the molecule is Cn1nnnc1SCCc1ccncc1. The van der Waals surface area contributed by atoms with Crippen LogP contribution >= 0.6 is 11.8 Å². The molecule has 0 aliphatic carbocycles. The zero-order valence-corrected chi connectivity index (χ0v) is 9.18. The average molecular weight is 221 g/mol. The van der Waals surface area contributed by atoms with Gasteiger partial charge in [-0.25, -0.2) is 4.68 Å². The smallest absolute Gasteiger partial charge is 0.209 e. The van der Waals surface area contributed by atoms with Gasteiger partial charge in [-0.3, -0.25) is 4.98 Å². The van der Waals surface area contributed by atoms with Crippen molar-refractivity contribution in [2.45, 2.75) is 11.6 Å². The van der Waals surface area contributed by atoms with Gasteiger partial charge in [-0.1, -0.05) is 11.8 Å². The first kappa shape index (κ1) is 10.1. The first-order chi connectivity index (χ1) is 7.36. The highest BCUT2D eigenvalue weighted by Crippen LogP contribution is 2.14. The minimum absolute atomic E-state index is 0.851. The van der Waals surface area contributed by atoms with Crippen molar-refractivity contribution < 1.29 is 0 Å². The molecule has 0 amide bonds. The van der Waals surface area contributed by atoms with Crippen LogP contribution in [-0.4, -0.2) is 30.9 Å². The minimum atomic E-state index is 0.851. The van der Waals surface area contributed by atoms with Crippen molar-refractivity contribution >= 4 is 11.8 Å². The number of pyridine rings is 1. The van der Waals surface area contributed by atoms with E-state index in [0.29, 0.717) is 0 Å². The van der Waals surface area contributed by atoms with E-state index >= 15 is 0 Å². The van der Waals surface area contributed by atoms with Crippen molar-refractivity contribution in [2.75, 3.05) is 5.75 Å². The maximum atomic E-state index is 3.97. The summed E-state index contributed by atoms with van der Waals surface area (Å²) in [5.41, 5.74) is 1.28. The second kappa shape index (κ2) is 4.88. The Morgan fingerprint density at radius 2 is 2.13 bits per heavy atom. The quantitative estimate of drug-likeness (QED) is 0.719. The molecule has 0 spiro atoms. The lowest BCUT2D eigenvalue weighted by atomic mass is 10.2. The molecule has 0 aliphatic rings. The molecule has 2 rings (SSSR count). The van der Waals surface area contributed by atoms with Crippen molar-refractivity contribution in [1.29, 1.82) is 0 Å². The van der Waals surface area contributed by atoms with Crippen LogP contribution in [0, 0.1) is 0 Å². The highest BCUT2D eigenvalue weighted by Gasteiger charge is 2.02. The van der Waals surface area contributed by atoms with Gasteiger partial charge in [0.2, 0.25) is 5.16 Å². The van der Waals surface area contributed by atoms with Crippen LogP contribution in [-0.2, 0) is 13.5 Å². The van der Waals surface area contributed by atoms with Crippen LogP contribution in [0.2, 0.25) is 0 Å². The molecule has 0 unspecified atom stereocenters. The topological polar surface area (TPSA) is 56.5 Å². The van der Waals surface area contributed by atoms with Gasteiger partial charge in [0.1, 0.15) is 0 Å². The fourth-order valence-corrected chi connectivity index (χ4v) is 1.99. The summed E-state index contributed by atoms with van der Waals surface area (Å²) < 4.78 is 1.68. The van der Waals surface area contributed by atoms with E-state index in [2.05, 4.69) is 20.5 Å². The third-order valence-electron chi connectivity index (χ3n) is 1.95. The maximum Gasteiger partial charge on any atom is 0.209 e. The summed E-state index contributed by atoms with van der Waals surface area (Å²) in [7, 11) is 1.84. The van der Waals surface area contributed by atoms with Gasteiger partial charge in [-0.15, -0.1) is 5.10 Å². The molecule has 0 fully saturated rings. The van der Waals surface area contributed by atoms with Crippen LogP contribution in [0.5, 0.6) is 0 Å². The van der Waals surface area contributed by atoms with E-state index < -0.39 is 0 Å². The molecular formula is C9H11N5S. The van der Waals surface area contributed by atoms with E-state index in [9.17, 15) is 0 Å². The number of rotatable bonds is 4. The van der Waals surface area contributed by atoms with E-state index in [1.165, 1.54) is 5.56 Å². The van der Waals surface area contributed by atoms with E-state index in [1.807, 2.05) is 31.6 Å². The van der Waals surface area contributed by atoms with Gasteiger partial charge in [-0.2, -0.15) is 0 Å². The number of hydrogen-bond donors (Lipinski definition) is 0. The summed E-state index contributed by atoms with van der Waals surface area (Å²) in [4.78, 5) is 3.97. The monoisotopic (exact) mass is 221 g/mol. The van der Waals surface area contributed by atoms with Crippen molar-refractivity contribution in [2.24, 2.45) is 7.05 Å². The fraction of sp³-hybridized carbons (Fsp3) is 0.333. The molecule has 0 atom stereocenters. The van der Waals surface area contributed by atoms with Crippen molar-refractivity contribution in [1.82, 2.24) is 25.2 Å². The number of thioether (sulfide) groups is 1. The predicted octanol–water partition coefficient (Wildman–Crippen LogP) is 0.940. The number of aromatic nitrogens is 5. The molecular weight excluding hydrogens is 210 g/mol. The lowest BCUT2D eigenvalue weighted by Crippen LogP contribution is -1.95. The lowest BCUT2D eigenvalue weighted by Gasteiger charge is -1.99. The highest BCUT2D eigenvalue weighted by atomic mass is 32.2. The summed E-state index contributed by atoms with van der Waals surface area (Å²) in [6, 6.07) is 4.05. The number of tetrazole rings is 1. The molecule has 2 heterocycles. The molecule has 0 N–H and O–H groups in total. The van der Waals surface area contributed by atoms with Crippen LogP contribution in [0.1, 0.15) is 5.56 Å². The van der Waals surface area contributed by atoms with Crippen LogP contribution in [0.15, 0.2) is 29.7 Å². The first-order valence-corrected chi connectivity index (χ1v) is 5.59. The average Bonchev–Trinajstić information content (AvgIpc) is 2.66. The predicted molar refractivity (Wildman–Crippen MR) is 57.5 cm³/mol. The molecule has 0 saturated heterocycles. The molecule has 0 aromatic carbocycles. The number of hydrogen-bond acceptors (Lipinski definition) is 5. The third kappa shape index (κ3) is 2.76. The van der Waals surface area contributed by atoms with Gasteiger partial charge in [0.05, 0.1) is 0 Å². The Bertz CT molecular complexity index is 413. The molecule has 2 aromatic heterocycles. The number of nitrogens with zero attached hydrogens (tertiary/aromatic N) is 5. The zero-order valence-electron chi connectivity index (χ0n) is 8.37. The van der Waals surface area contributed by atoms with Gasteiger partial charge in [0.15, 0.2) is 0 Å². The van der Waals surface area contributed by atoms with Crippen LogP contribution < -0.4 is 0 Å². The fourth-order valence-electron chi connectivity index (χ4n) is 1.15. The molecule has 2 aromatic rings. The molecule has 5 nitrogen and oxygen atoms in total.